The van der Waals surface area contributed by atoms with E-state index in [0.717, 1.165) is 13.0 Å². The van der Waals surface area contributed by atoms with E-state index in [1.54, 1.807) is 30.5 Å². The van der Waals surface area contributed by atoms with E-state index in [-0.39, 0.29) is 23.4 Å². The van der Waals surface area contributed by atoms with Crippen LogP contribution in [-0.2, 0) is 4.79 Å². The molecule has 2 aromatic heterocycles. The number of amides is 2. The summed E-state index contributed by atoms with van der Waals surface area (Å²) in [4.78, 5) is 33.5. The second-order valence-electron chi connectivity index (χ2n) is 5.82. The third kappa shape index (κ3) is 3.97. The van der Waals surface area contributed by atoms with Crippen LogP contribution in [-0.4, -0.2) is 40.9 Å². The Kier molecular flexibility index (Phi) is 5.12. The molecule has 2 amide bonds. The van der Waals surface area contributed by atoms with Crippen molar-refractivity contribution in [2.45, 2.75) is 12.5 Å². The van der Waals surface area contributed by atoms with Crippen LogP contribution in [0, 0.1) is 0 Å². The zero-order valence-electron chi connectivity index (χ0n) is 14.1. The molecule has 134 valence electrons. The molecule has 1 aliphatic rings. The number of carbonyl (C=O) groups excluding carboxylic acids is 2. The van der Waals surface area contributed by atoms with Crippen molar-refractivity contribution in [1.29, 1.82) is 0 Å². The molecule has 1 atom stereocenters. The summed E-state index contributed by atoms with van der Waals surface area (Å²) in [5, 5.41) is 2.87. The predicted octanol–water partition coefficient (Wildman–Crippen LogP) is 1.25. The minimum Gasteiger partial charge on any atom is -0.436 e. The van der Waals surface area contributed by atoms with Crippen LogP contribution in [0.1, 0.15) is 16.8 Å². The molecule has 1 unspecified atom stereocenters. The third-order valence-corrected chi connectivity index (χ3v) is 4.00. The van der Waals surface area contributed by atoms with E-state index in [1.807, 2.05) is 4.90 Å². The van der Waals surface area contributed by atoms with E-state index >= 15 is 0 Å². The van der Waals surface area contributed by atoms with Gasteiger partial charge in [0.15, 0.2) is 0 Å². The van der Waals surface area contributed by atoms with Gasteiger partial charge in [-0.25, -0.2) is 0 Å². The van der Waals surface area contributed by atoms with Crippen molar-refractivity contribution in [3.63, 3.8) is 0 Å². The number of anilines is 1. The van der Waals surface area contributed by atoms with Gasteiger partial charge in [-0.15, -0.1) is 0 Å². The van der Waals surface area contributed by atoms with Gasteiger partial charge in [-0.1, -0.05) is 6.58 Å². The van der Waals surface area contributed by atoms with Crippen molar-refractivity contribution < 1.29 is 14.3 Å². The molecular formula is C18H19N5O3. The number of nitrogens with one attached hydrogen (secondary N) is 1. The summed E-state index contributed by atoms with van der Waals surface area (Å²) in [5.41, 5.74) is 5.61. The number of rotatable bonds is 6. The molecule has 0 aliphatic carbocycles. The summed E-state index contributed by atoms with van der Waals surface area (Å²) < 4.78 is 5.70. The third-order valence-electron chi connectivity index (χ3n) is 4.00. The fraction of sp³-hybridized carbons (Fsp3) is 0.222. The zero-order valence-corrected chi connectivity index (χ0v) is 14.1. The van der Waals surface area contributed by atoms with Gasteiger partial charge in [-0.3, -0.25) is 14.6 Å². The Morgan fingerprint density at radius 2 is 2.23 bits per heavy atom. The molecule has 1 aliphatic heterocycles. The number of primary amides is 1. The van der Waals surface area contributed by atoms with Gasteiger partial charge in [0, 0.05) is 25.3 Å². The molecule has 2 aromatic rings. The Hall–Kier alpha value is -3.42. The lowest BCUT2D eigenvalue weighted by molar-refractivity contribution is -0.117. The lowest BCUT2D eigenvalue weighted by atomic mass is 10.2. The standard InChI is InChI=1S/C18H19N5O3/c1-2-16(24)21-12-7-9-23(11-12)15-6-5-14(17(19)25)18(22-15)26-13-4-3-8-20-10-13/h2-6,8,10,12H,1,7,9,11H2,(H2,19,25)(H,21,24). The van der Waals surface area contributed by atoms with Crippen molar-refractivity contribution in [2.24, 2.45) is 5.73 Å². The Balaban J connectivity index is 1.81. The van der Waals surface area contributed by atoms with Crippen LogP contribution in [0.3, 0.4) is 0 Å². The molecule has 26 heavy (non-hydrogen) atoms. The first-order valence-corrected chi connectivity index (χ1v) is 8.13. The van der Waals surface area contributed by atoms with Gasteiger partial charge >= 0.3 is 0 Å². The summed E-state index contributed by atoms with van der Waals surface area (Å²) in [6.07, 6.45) is 5.18. The molecule has 3 heterocycles. The first-order chi connectivity index (χ1) is 12.6. The van der Waals surface area contributed by atoms with E-state index < -0.39 is 5.91 Å². The highest BCUT2D eigenvalue weighted by Gasteiger charge is 2.25. The normalized spacial score (nSPS) is 16.2. The average molecular weight is 353 g/mol. The van der Waals surface area contributed by atoms with Gasteiger partial charge in [0.2, 0.25) is 11.8 Å². The highest BCUT2D eigenvalue weighted by Crippen LogP contribution is 2.27. The molecule has 0 bridgehead atoms. The number of nitrogens with zero attached hydrogens (tertiary/aromatic N) is 3. The van der Waals surface area contributed by atoms with E-state index in [2.05, 4.69) is 21.9 Å². The molecular weight excluding hydrogens is 334 g/mol. The van der Waals surface area contributed by atoms with Gasteiger partial charge < -0.3 is 20.7 Å². The predicted molar refractivity (Wildman–Crippen MR) is 96.0 cm³/mol. The minimum absolute atomic E-state index is 0.0146. The monoisotopic (exact) mass is 353 g/mol. The number of carbonyl (C=O) groups is 2. The summed E-state index contributed by atoms with van der Waals surface area (Å²) >= 11 is 0. The van der Waals surface area contributed by atoms with E-state index in [9.17, 15) is 9.59 Å². The molecule has 0 radical (unpaired) electrons. The summed E-state index contributed by atoms with van der Waals surface area (Å²) in [7, 11) is 0. The molecule has 8 heteroatoms. The first-order valence-electron chi connectivity index (χ1n) is 8.13. The topological polar surface area (TPSA) is 110 Å². The first kappa shape index (κ1) is 17.4. The number of aromatic nitrogens is 2. The van der Waals surface area contributed by atoms with Gasteiger partial charge in [0.1, 0.15) is 17.1 Å². The highest BCUT2D eigenvalue weighted by atomic mass is 16.5. The quantitative estimate of drug-likeness (QED) is 0.756. The SMILES string of the molecule is C=CC(=O)NC1CCN(c2ccc(C(N)=O)c(Oc3cccnc3)n2)C1. The molecule has 3 N–H and O–H groups in total. The van der Waals surface area contributed by atoms with E-state index in [1.165, 1.54) is 12.3 Å². The van der Waals surface area contributed by atoms with Crippen LogP contribution in [0.5, 0.6) is 11.6 Å². The zero-order chi connectivity index (χ0) is 18.5. The second kappa shape index (κ2) is 7.64. The number of nitrogens with two attached hydrogens (primary N) is 1. The van der Waals surface area contributed by atoms with Crippen LogP contribution in [0.25, 0.3) is 0 Å². The van der Waals surface area contributed by atoms with Crippen molar-refractivity contribution in [3.05, 3.63) is 54.9 Å². The lowest BCUT2D eigenvalue weighted by Gasteiger charge is -2.19. The number of hydrogen-bond acceptors (Lipinski definition) is 6. The molecule has 0 aromatic carbocycles. The maximum absolute atomic E-state index is 11.7. The van der Waals surface area contributed by atoms with Gasteiger partial charge in [0.25, 0.3) is 5.91 Å². The van der Waals surface area contributed by atoms with Crippen LogP contribution in [0.2, 0.25) is 0 Å². The van der Waals surface area contributed by atoms with Crippen molar-refractivity contribution in [1.82, 2.24) is 15.3 Å². The Bertz CT molecular complexity index is 825. The number of pyridine rings is 2. The molecule has 1 saturated heterocycles. The van der Waals surface area contributed by atoms with Crippen molar-refractivity contribution >= 4 is 17.6 Å². The van der Waals surface area contributed by atoms with Crippen LogP contribution in [0.15, 0.2) is 49.3 Å². The maximum atomic E-state index is 11.7. The summed E-state index contributed by atoms with van der Waals surface area (Å²) in [6.45, 7) is 4.78. The van der Waals surface area contributed by atoms with Crippen LogP contribution < -0.4 is 20.7 Å². The van der Waals surface area contributed by atoms with E-state index in [4.69, 9.17) is 10.5 Å². The van der Waals surface area contributed by atoms with Crippen LogP contribution in [0.4, 0.5) is 5.82 Å². The molecule has 0 saturated carbocycles. The Morgan fingerprint density at radius 3 is 2.92 bits per heavy atom. The fourth-order valence-electron chi connectivity index (χ4n) is 2.74. The molecule has 3 rings (SSSR count). The fourth-order valence-corrected chi connectivity index (χ4v) is 2.74. The molecule has 0 spiro atoms. The Morgan fingerprint density at radius 1 is 1.38 bits per heavy atom. The van der Waals surface area contributed by atoms with Crippen LogP contribution >= 0.6 is 0 Å². The highest BCUT2D eigenvalue weighted by molar-refractivity contribution is 5.95. The molecule has 8 nitrogen and oxygen atoms in total. The van der Waals surface area contributed by atoms with Crippen molar-refractivity contribution in [2.75, 3.05) is 18.0 Å². The smallest absolute Gasteiger partial charge is 0.254 e. The number of hydrogen-bond donors (Lipinski definition) is 2. The molecule has 1 fully saturated rings. The van der Waals surface area contributed by atoms with E-state index in [0.29, 0.717) is 18.1 Å². The minimum atomic E-state index is -0.625. The summed E-state index contributed by atoms with van der Waals surface area (Å²) in [6, 6.07) is 6.75. The van der Waals surface area contributed by atoms with Gasteiger partial charge in [-0.2, -0.15) is 4.98 Å². The largest absolute Gasteiger partial charge is 0.436 e. The average Bonchev–Trinajstić information content (AvgIpc) is 3.10. The second-order valence-corrected chi connectivity index (χ2v) is 5.82. The van der Waals surface area contributed by atoms with Gasteiger partial charge in [0.05, 0.1) is 6.20 Å². The maximum Gasteiger partial charge on any atom is 0.254 e. The number of ether oxygens (including phenoxy) is 1. The summed E-state index contributed by atoms with van der Waals surface area (Å²) in [5.74, 6) is 0.401. The van der Waals surface area contributed by atoms with Gasteiger partial charge in [-0.05, 0) is 36.8 Å². The van der Waals surface area contributed by atoms with Crippen molar-refractivity contribution in [3.8, 4) is 11.6 Å². The Labute approximate surface area is 150 Å². The lowest BCUT2D eigenvalue weighted by Crippen LogP contribution is -2.36.